The van der Waals surface area contributed by atoms with Gasteiger partial charge in [0.25, 0.3) is 11.8 Å². The molecule has 3 aromatic rings. The van der Waals surface area contributed by atoms with Gasteiger partial charge < -0.3 is 25.0 Å². The second kappa shape index (κ2) is 12.4. The number of aliphatic hydroxyl groups is 2. The molecule has 0 radical (unpaired) electrons. The number of amides is 2. The van der Waals surface area contributed by atoms with Gasteiger partial charge in [-0.15, -0.1) is 0 Å². The third kappa shape index (κ3) is 6.71. The van der Waals surface area contributed by atoms with Crippen LogP contribution >= 0.6 is 11.6 Å². The van der Waals surface area contributed by atoms with Crippen molar-refractivity contribution in [3.05, 3.63) is 64.9 Å². The van der Waals surface area contributed by atoms with Crippen molar-refractivity contribution in [1.29, 1.82) is 0 Å². The average molecular weight is 567 g/mol. The van der Waals surface area contributed by atoms with E-state index in [2.05, 4.69) is 10.3 Å². The molecule has 210 valence electrons. The van der Waals surface area contributed by atoms with Gasteiger partial charge in [-0.25, -0.2) is 4.98 Å². The van der Waals surface area contributed by atoms with Crippen LogP contribution in [0.25, 0.3) is 11.0 Å². The third-order valence-electron chi connectivity index (χ3n) is 6.86. The predicted molar refractivity (Wildman–Crippen MR) is 139 cm³/mol. The Balaban J connectivity index is 1.24. The number of halogens is 4. The summed E-state index contributed by atoms with van der Waals surface area (Å²) < 4.78 is 41.4. The van der Waals surface area contributed by atoms with Crippen LogP contribution in [0.4, 0.5) is 13.2 Å². The van der Waals surface area contributed by atoms with Crippen molar-refractivity contribution in [2.75, 3.05) is 13.1 Å². The maximum absolute atomic E-state index is 13.4. The molecule has 1 aliphatic rings. The SMILES string of the molecule is O=C(NCCCCCn1c(C(F)(F)F)nc2ccccc21)[C@H](O)[C@@H](O)C(=O)N1CCCC1c1cccc(Cl)c1. The first-order valence-electron chi connectivity index (χ1n) is 12.8. The molecule has 1 fully saturated rings. The number of carbonyl (C=O) groups excluding carboxylic acids is 2. The average Bonchev–Trinajstić information content (AvgIpc) is 3.54. The molecule has 1 saturated heterocycles. The lowest BCUT2D eigenvalue weighted by atomic mass is 10.0. The molecule has 0 spiro atoms. The van der Waals surface area contributed by atoms with Crippen LogP contribution in [0.15, 0.2) is 48.5 Å². The molecule has 2 amide bonds. The molecule has 4 rings (SSSR count). The topological polar surface area (TPSA) is 108 Å². The highest BCUT2D eigenvalue weighted by Gasteiger charge is 2.39. The summed E-state index contributed by atoms with van der Waals surface area (Å²) >= 11 is 6.06. The number of hydrogen-bond donors (Lipinski definition) is 3. The van der Waals surface area contributed by atoms with Crippen LogP contribution in [0.3, 0.4) is 0 Å². The molecule has 1 aromatic heterocycles. The van der Waals surface area contributed by atoms with E-state index in [0.29, 0.717) is 49.2 Å². The van der Waals surface area contributed by atoms with Gasteiger partial charge >= 0.3 is 6.18 Å². The number of likely N-dealkylation sites (tertiary alicyclic amines) is 1. The van der Waals surface area contributed by atoms with E-state index in [9.17, 15) is 33.0 Å². The summed E-state index contributed by atoms with van der Waals surface area (Å²) in [5, 5.41) is 23.7. The summed E-state index contributed by atoms with van der Waals surface area (Å²) in [6, 6.07) is 13.1. The Labute approximate surface area is 228 Å². The minimum Gasteiger partial charge on any atom is -0.380 e. The maximum Gasteiger partial charge on any atom is 0.449 e. The number of aromatic nitrogens is 2. The standard InChI is InChI=1S/C27H30ClF3N4O4/c28-18-9-6-8-17(16-18)20-12-7-15-34(20)25(39)23(37)22(36)24(38)32-13-4-1-5-14-35-21-11-3-2-10-19(21)33-26(35)27(29,30)31/h2-3,6,8-11,16,20,22-23,36-37H,1,4-5,7,12-15H2,(H,32,38)/t20?,22-,23-/m1/s1. The molecule has 12 heteroatoms. The molecule has 3 atom stereocenters. The number of nitrogens with one attached hydrogen (secondary N) is 1. The zero-order valence-electron chi connectivity index (χ0n) is 21.1. The van der Waals surface area contributed by atoms with E-state index in [4.69, 9.17) is 11.6 Å². The number of carbonyl (C=O) groups is 2. The highest BCUT2D eigenvalue weighted by atomic mass is 35.5. The molecule has 39 heavy (non-hydrogen) atoms. The lowest BCUT2D eigenvalue weighted by Crippen LogP contribution is -2.50. The summed E-state index contributed by atoms with van der Waals surface area (Å²) in [7, 11) is 0. The third-order valence-corrected chi connectivity index (χ3v) is 7.09. The predicted octanol–water partition coefficient (Wildman–Crippen LogP) is 4.08. The van der Waals surface area contributed by atoms with Gasteiger partial charge in [0.05, 0.1) is 17.1 Å². The van der Waals surface area contributed by atoms with Gasteiger partial charge in [0.2, 0.25) is 5.82 Å². The Kier molecular flexibility index (Phi) is 9.14. The van der Waals surface area contributed by atoms with Gasteiger partial charge in [-0.1, -0.05) is 35.9 Å². The zero-order valence-corrected chi connectivity index (χ0v) is 21.8. The molecular weight excluding hydrogens is 537 g/mol. The number of benzene rings is 2. The van der Waals surface area contributed by atoms with Gasteiger partial charge in [0, 0.05) is 24.7 Å². The smallest absolute Gasteiger partial charge is 0.380 e. The van der Waals surface area contributed by atoms with Crippen LogP contribution in [-0.4, -0.2) is 61.8 Å². The van der Waals surface area contributed by atoms with Crippen LogP contribution in [0.1, 0.15) is 49.5 Å². The Morgan fingerprint density at radius 3 is 2.59 bits per heavy atom. The van der Waals surface area contributed by atoms with Gasteiger partial charge in [-0.3, -0.25) is 9.59 Å². The number of aliphatic hydroxyl groups excluding tert-OH is 2. The van der Waals surface area contributed by atoms with Crippen LogP contribution in [0, 0.1) is 0 Å². The maximum atomic E-state index is 13.4. The van der Waals surface area contributed by atoms with Crippen molar-refractivity contribution < 1.29 is 33.0 Å². The molecule has 3 N–H and O–H groups in total. The Bertz CT molecular complexity index is 1320. The summed E-state index contributed by atoms with van der Waals surface area (Å²) in [4.78, 5) is 30.4. The highest BCUT2D eigenvalue weighted by molar-refractivity contribution is 6.30. The number of rotatable bonds is 10. The van der Waals surface area contributed by atoms with E-state index in [1.807, 2.05) is 6.07 Å². The summed E-state index contributed by atoms with van der Waals surface area (Å²) in [5.74, 6) is -2.59. The number of hydrogen-bond acceptors (Lipinski definition) is 5. The summed E-state index contributed by atoms with van der Waals surface area (Å²) in [6.45, 7) is 0.606. The minimum atomic E-state index is -4.58. The molecule has 2 aromatic carbocycles. The molecular formula is C27H30ClF3N4O4. The first kappa shape index (κ1) is 28.8. The number of aryl methyl sites for hydroxylation is 1. The number of fused-ring (bicyclic) bond motifs is 1. The normalized spacial score (nSPS) is 17.4. The minimum absolute atomic E-state index is 0.1000. The number of para-hydroxylation sites is 2. The fourth-order valence-corrected chi connectivity index (χ4v) is 5.14. The van der Waals surface area contributed by atoms with Crippen LogP contribution < -0.4 is 5.32 Å². The molecule has 1 unspecified atom stereocenters. The molecule has 1 aliphatic heterocycles. The van der Waals surface area contributed by atoms with Crippen molar-refractivity contribution >= 4 is 34.4 Å². The van der Waals surface area contributed by atoms with Crippen molar-refractivity contribution in [1.82, 2.24) is 19.8 Å². The van der Waals surface area contributed by atoms with Crippen LogP contribution in [-0.2, 0) is 22.3 Å². The lowest BCUT2D eigenvalue weighted by Gasteiger charge is -2.28. The highest BCUT2D eigenvalue weighted by Crippen LogP contribution is 2.34. The Hall–Kier alpha value is -3.15. The van der Waals surface area contributed by atoms with E-state index in [1.54, 1.807) is 36.4 Å². The number of alkyl halides is 3. The summed E-state index contributed by atoms with van der Waals surface area (Å²) in [6.07, 6.45) is -5.76. The van der Waals surface area contributed by atoms with Gasteiger partial charge in [-0.2, -0.15) is 13.2 Å². The van der Waals surface area contributed by atoms with Crippen molar-refractivity contribution in [2.45, 2.75) is 63.1 Å². The number of unbranched alkanes of at least 4 members (excludes halogenated alkanes) is 2. The van der Waals surface area contributed by atoms with E-state index in [-0.39, 0.29) is 24.6 Å². The molecule has 0 saturated carbocycles. The monoisotopic (exact) mass is 566 g/mol. The quantitative estimate of drug-likeness (QED) is 0.321. The molecule has 0 aliphatic carbocycles. The first-order chi connectivity index (χ1) is 18.6. The van der Waals surface area contributed by atoms with Crippen molar-refractivity contribution in [3.63, 3.8) is 0 Å². The second-order valence-electron chi connectivity index (χ2n) is 9.56. The first-order valence-corrected chi connectivity index (χ1v) is 13.2. The Morgan fingerprint density at radius 1 is 1.08 bits per heavy atom. The van der Waals surface area contributed by atoms with E-state index in [1.165, 1.54) is 11.0 Å². The van der Waals surface area contributed by atoms with Gasteiger partial charge in [-0.05, 0) is 61.9 Å². The largest absolute Gasteiger partial charge is 0.449 e. The van der Waals surface area contributed by atoms with Crippen LogP contribution in [0.5, 0.6) is 0 Å². The molecule has 2 heterocycles. The van der Waals surface area contributed by atoms with E-state index >= 15 is 0 Å². The van der Waals surface area contributed by atoms with E-state index in [0.717, 1.165) is 10.1 Å². The fourth-order valence-electron chi connectivity index (χ4n) is 4.95. The number of nitrogens with zero attached hydrogens (tertiary/aromatic N) is 3. The van der Waals surface area contributed by atoms with Crippen molar-refractivity contribution in [3.8, 4) is 0 Å². The Morgan fingerprint density at radius 2 is 1.85 bits per heavy atom. The van der Waals surface area contributed by atoms with E-state index < -0.39 is 36.0 Å². The van der Waals surface area contributed by atoms with Gasteiger partial charge in [0.15, 0.2) is 12.2 Å². The lowest BCUT2D eigenvalue weighted by molar-refractivity contribution is -0.153. The fraction of sp³-hybridized carbons (Fsp3) is 0.444. The molecule has 0 bridgehead atoms. The van der Waals surface area contributed by atoms with Crippen LogP contribution in [0.2, 0.25) is 5.02 Å². The molecule has 8 nitrogen and oxygen atoms in total. The van der Waals surface area contributed by atoms with Gasteiger partial charge in [0.1, 0.15) is 0 Å². The summed E-state index contributed by atoms with van der Waals surface area (Å²) in [5.41, 5.74) is 1.48. The van der Waals surface area contributed by atoms with Crippen molar-refractivity contribution in [2.24, 2.45) is 0 Å². The second-order valence-corrected chi connectivity index (χ2v) is 10.00. The number of imidazole rings is 1. The zero-order chi connectivity index (χ0) is 28.2.